The van der Waals surface area contributed by atoms with E-state index < -0.39 is 0 Å². The summed E-state index contributed by atoms with van der Waals surface area (Å²) in [6.45, 7) is 2.43. The Morgan fingerprint density at radius 1 is 1.00 bits per heavy atom. The van der Waals surface area contributed by atoms with E-state index in [9.17, 15) is 14.7 Å². The van der Waals surface area contributed by atoms with E-state index in [1.807, 2.05) is 54.6 Å². The number of rotatable bonds is 7. The van der Waals surface area contributed by atoms with Crippen molar-refractivity contribution < 1.29 is 19.4 Å². The highest BCUT2D eigenvalue weighted by atomic mass is 16.5. The highest BCUT2D eigenvalue weighted by Gasteiger charge is 2.19. The van der Waals surface area contributed by atoms with Crippen LogP contribution >= 0.6 is 0 Å². The third-order valence-electron chi connectivity index (χ3n) is 4.52. The molecule has 0 heterocycles. The molecule has 0 aliphatic rings. The smallest absolute Gasteiger partial charge is 0.326 e. The number of hydrogen-bond donors (Lipinski definition) is 2. The SMILES string of the molecule is CCOC(=O)CCCN(C(=O)Nc1c(O)ccc2ccccc12)c1ccccc1. The van der Waals surface area contributed by atoms with Gasteiger partial charge in [-0.1, -0.05) is 48.5 Å². The van der Waals surface area contributed by atoms with Gasteiger partial charge in [0.15, 0.2) is 0 Å². The molecule has 2 N–H and O–H groups in total. The second-order valence-electron chi connectivity index (χ2n) is 6.51. The van der Waals surface area contributed by atoms with Crippen LogP contribution in [0.4, 0.5) is 16.2 Å². The Hall–Kier alpha value is -3.54. The fourth-order valence-corrected chi connectivity index (χ4v) is 3.14. The van der Waals surface area contributed by atoms with E-state index in [4.69, 9.17) is 4.74 Å². The lowest BCUT2D eigenvalue weighted by molar-refractivity contribution is -0.143. The summed E-state index contributed by atoms with van der Waals surface area (Å²) in [5, 5.41) is 14.8. The summed E-state index contributed by atoms with van der Waals surface area (Å²) in [7, 11) is 0. The number of amides is 2. The van der Waals surface area contributed by atoms with Crippen molar-refractivity contribution in [1.29, 1.82) is 0 Å². The van der Waals surface area contributed by atoms with E-state index in [2.05, 4.69) is 5.32 Å². The van der Waals surface area contributed by atoms with Gasteiger partial charge >= 0.3 is 12.0 Å². The van der Waals surface area contributed by atoms with Crippen molar-refractivity contribution in [3.8, 4) is 5.75 Å². The van der Waals surface area contributed by atoms with Gasteiger partial charge < -0.3 is 15.2 Å². The maximum Gasteiger partial charge on any atom is 0.326 e. The summed E-state index contributed by atoms with van der Waals surface area (Å²) in [5.74, 6) is -0.288. The van der Waals surface area contributed by atoms with Crippen LogP contribution in [-0.4, -0.2) is 30.3 Å². The standard InChI is InChI=1S/C23H24N2O4/c1-2-29-21(27)13-8-16-25(18-10-4-3-5-11-18)23(28)24-22-19-12-7-6-9-17(19)14-15-20(22)26/h3-7,9-12,14-15,26H,2,8,13,16H2,1H3,(H,24,28). The molecular formula is C23H24N2O4. The van der Waals surface area contributed by atoms with Gasteiger partial charge in [-0.2, -0.15) is 0 Å². The van der Waals surface area contributed by atoms with Gasteiger partial charge in [-0.15, -0.1) is 0 Å². The van der Waals surface area contributed by atoms with Gasteiger partial charge in [0.25, 0.3) is 0 Å². The van der Waals surface area contributed by atoms with Crippen molar-refractivity contribution in [1.82, 2.24) is 0 Å². The first-order valence-corrected chi connectivity index (χ1v) is 9.60. The van der Waals surface area contributed by atoms with E-state index in [0.29, 0.717) is 30.9 Å². The van der Waals surface area contributed by atoms with Crippen LogP contribution in [-0.2, 0) is 9.53 Å². The number of ether oxygens (including phenoxy) is 1. The number of anilines is 2. The van der Waals surface area contributed by atoms with Crippen molar-refractivity contribution in [3.05, 3.63) is 66.7 Å². The van der Waals surface area contributed by atoms with Crippen LogP contribution < -0.4 is 10.2 Å². The molecule has 0 saturated heterocycles. The third-order valence-corrected chi connectivity index (χ3v) is 4.52. The number of esters is 1. The maximum absolute atomic E-state index is 13.1. The van der Waals surface area contributed by atoms with Crippen molar-refractivity contribution in [2.75, 3.05) is 23.4 Å². The third kappa shape index (κ3) is 5.04. The van der Waals surface area contributed by atoms with Gasteiger partial charge in [-0.3, -0.25) is 9.69 Å². The molecule has 2 amide bonds. The van der Waals surface area contributed by atoms with Crippen LogP contribution in [0, 0.1) is 0 Å². The minimum absolute atomic E-state index is 0.00316. The Balaban J connectivity index is 1.82. The molecule has 0 radical (unpaired) electrons. The van der Waals surface area contributed by atoms with Crippen molar-refractivity contribution in [3.63, 3.8) is 0 Å². The topological polar surface area (TPSA) is 78.9 Å². The van der Waals surface area contributed by atoms with Gasteiger partial charge in [0, 0.05) is 24.0 Å². The summed E-state index contributed by atoms with van der Waals surface area (Å²) in [6, 6.07) is 19.7. The van der Waals surface area contributed by atoms with Crippen molar-refractivity contribution >= 4 is 34.1 Å². The Labute approximate surface area is 169 Å². The minimum atomic E-state index is -0.383. The van der Waals surface area contributed by atoms with Crippen molar-refractivity contribution in [2.45, 2.75) is 19.8 Å². The maximum atomic E-state index is 13.1. The number of fused-ring (bicyclic) bond motifs is 1. The lowest BCUT2D eigenvalue weighted by Crippen LogP contribution is -2.36. The molecule has 3 aromatic rings. The molecular weight excluding hydrogens is 368 g/mol. The van der Waals surface area contributed by atoms with E-state index >= 15 is 0 Å². The average molecular weight is 392 g/mol. The number of carbonyl (C=O) groups excluding carboxylic acids is 2. The molecule has 6 nitrogen and oxygen atoms in total. The van der Waals surface area contributed by atoms with Crippen LogP contribution in [0.15, 0.2) is 66.7 Å². The number of phenolic OH excluding ortho intramolecular Hbond substituents is 1. The summed E-state index contributed by atoms with van der Waals surface area (Å²) >= 11 is 0. The molecule has 0 atom stereocenters. The van der Waals surface area contributed by atoms with E-state index in [0.717, 1.165) is 10.8 Å². The van der Waals surface area contributed by atoms with Crippen LogP contribution in [0.25, 0.3) is 10.8 Å². The molecule has 0 spiro atoms. The molecule has 0 bridgehead atoms. The Morgan fingerprint density at radius 2 is 1.72 bits per heavy atom. The number of carbonyl (C=O) groups is 2. The van der Waals surface area contributed by atoms with Crippen molar-refractivity contribution in [2.24, 2.45) is 0 Å². The number of phenols is 1. The molecule has 3 rings (SSSR count). The first-order chi connectivity index (χ1) is 14.1. The molecule has 3 aromatic carbocycles. The zero-order valence-corrected chi connectivity index (χ0v) is 16.3. The van der Waals surface area contributed by atoms with Crippen LogP contribution in [0.3, 0.4) is 0 Å². The molecule has 0 unspecified atom stereocenters. The monoisotopic (exact) mass is 392 g/mol. The fraction of sp³-hybridized carbons (Fsp3) is 0.217. The number of hydrogen-bond acceptors (Lipinski definition) is 4. The molecule has 0 aliphatic carbocycles. The molecule has 6 heteroatoms. The zero-order valence-electron chi connectivity index (χ0n) is 16.3. The number of para-hydroxylation sites is 1. The second kappa shape index (κ2) is 9.59. The van der Waals surface area contributed by atoms with Gasteiger partial charge in [-0.05, 0) is 36.9 Å². The molecule has 29 heavy (non-hydrogen) atoms. The van der Waals surface area contributed by atoms with Gasteiger partial charge in [-0.25, -0.2) is 4.79 Å². The molecule has 150 valence electrons. The second-order valence-corrected chi connectivity index (χ2v) is 6.51. The van der Waals surface area contributed by atoms with Crippen LogP contribution in [0.5, 0.6) is 5.75 Å². The summed E-state index contributed by atoms with van der Waals surface area (Å²) in [6.07, 6.45) is 0.687. The van der Waals surface area contributed by atoms with E-state index in [1.165, 1.54) is 0 Å². The normalized spacial score (nSPS) is 10.5. The summed E-state index contributed by atoms with van der Waals surface area (Å²) in [5.41, 5.74) is 1.06. The molecule has 0 aromatic heterocycles. The fourth-order valence-electron chi connectivity index (χ4n) is 3.14. The Bertz CT molecular complexity index is 989. The number of urea groups is 1. The molecule has 0 aliphatic heterocycles. The highest BCUT2D eigenvalue weighted by molar-refractivity contribution is 6.09. The number of nitrogens with zero attached hydrogens (tertiary/aromatic N) is 1. The lowest BCUT2D eigenvalue weighted by Gasteiger charge is -2.24. The molecule has 0 saturated carbocycles. The van der Waals surface area contributed by atoms with Crippen LogP contribution in [0.2, 0.25) is 0 Å². The Kier molecular flexibility index (Phi) is 6.68. The zero-order chi connectivity index (χ0) is 20.6. The van der Waals surface area contributed by atoms with Crippen LogP contribution in [0.1, 0.15) is 19.8 Å². The predicted molar refractivity (Wildman–Crippen MR) is 114 cm³/mol. The Morgan fingerprint density at radius 3 is 2.48 bits per heavy atom. The van der Waals surface area contributed by atoms with Gasteiger partial charge in [0.1, 0.15) is 5.75 Å². The van der Waals surface area contributed by atoms with Gasteiger partial charge in [0.2, 0.25) is 0 Å². The first kappa shape index (κ1) is 20.2. The summed E-state index contributed by atoms with van der Waals surface area (Å²) in [4.78, 5) is 26.3. The lowest BCUT2D eigenvalue weighted by atomic mass is 10.1. The largest absolute Gasteiger partial charge is 0.506 e. The number of benzene rings is 3. The minimum Gasteiger partial charge on any atom is -0.506 e. The molecule has 0 fully saturated rings. The quantitative estimate of drug-likeness (QED) is 0.441. The first-order valence-electron chi connectivity index (χ1n) is 9.60. The van der Waals surface area contributed by atoms with E-state index in [-0.39, 0.29) is 24.2 Å². The highest BCUT2D eigenvalue weighted by Crippen LogP contribution is 2.32. The predicted octanol–water partition coefficient (Wildman–Crippen LogP) is 4.93. The van der Waals surface area contributed by atoms with E-state index in [1.54, 1.807) is 24.0 Å². The number of nitrogens with one attached hydrogen (secondary N) is 1. The van der Waals surface area contributed by atoms with Gasteiger partial charge in [0.05, 0.1) is 12.3 Å². The average Bonchev–Trinajstić information content (AvgIpc) is 2.74. The summed E-state index contributed by atoms with van der Waals surface area (Å²) < 4.78 is 4.96. The number of aromatic hydroxyl groups is 1.